The van der Waals surface area contributed by atoms with Gasteiger partial charge in [-0.05, 0) is 24.6 Å². The van der Waals surface area contributed by atoms with Crippen molar-refractivity contribution in [2.45, 2.75) is 19.4 Å². The summed E-state index contributed by atoms with van der Waals surface area (Å²) in [5, 5.41) is 11.3. The molecular formula is C13H18N2O4. The molecule has 104 valence electrons. The Balaban J connectivity index is 2.59. The van der Waals surface area contributed by atoms with Crippen molar-refractivity contribution >= 4 is 17.6 Å². The number of benzene rings is 1. The molecule has 0 saturated heterocycles. The number of anilines is 1. The molecule has 1 unspecified atom stereocenters. The van der Waals surface area contributed by atoms with Crippen LogP contribution >= 0.6 is 0 Å². The quantitative estimate of drug-likeness (QED) is 0.661. The lowest BCUT2D eigenvalue weighted by atomic mass is 10.1. The minimum Gasteiger partial charge on any atom is -0.481 e. The molecule has 6 heteroatoms. The van der Waals surface area contributed by atoms with Crippen molar-refractivity contribution in [3.8, 4) is 0 Å². The number of nitrogens with one attached hydrogen (secondary N) is 1. The molecule has 0 fully saturated rings. The number of nitrogen functional groups attached to an aromatic ring is 1. The number of aliphatic carboxylic acids is 1. The van der Waals surface area contributed by atoms with Crippen molar-refractivity contribution in [3.05, 3.63) is 29.3 Å². The molecule has 19 heavy (non-hydrogen) atoms. The third-order valence-corrected chi connectivity index (χ3v) is 2.77. The first kappa shape index (κ1) is 15.0. The van der Waals surface area contributed by atoms with Crippen molar-refractivity contribution in [1.82, 2.24) is 5.32 Å². The van der Waals surface area contributed by atoms with Crippen LogP contribution in [0.15, 0.2) is 18.2 Å². The zero-order valence-corrected chi connectivity index (χ0v) is 11.0. The van der Waals surface area contributed by atoms with Gasteiger partial charge < -0.3 is 20.9 Å². The van der Waals surface area contributed by atoms with E-state index in [2.05, 4.69) is 5.32 Å². The van der Waals surface area contributed by atoms with Gasteiger partial charge in [0.05, 0.1) is 12.5 Å². The third-order valence-electron chi connectivity index (χ3n) is 2.77. The van der Waals surface area contributed by atoms with Crippen LogP contribution in [-0.4, -0.2) is 36.7 Å². The van der Waals surface area contributed by atoms with Gasteiger partial charge in [0.25, 0.3) is 5.91 Å². The average molecular weight is 266 g/mol. The summed E-state index contributed by atoms with van der Waals surface area (Å²) in [4.78, 5) is 22.4. The second-order valence-corrected chi connectivity index (χ2v) is 4.24. The summed E-state index contributed by atoms with van der Waals surface area (Å²) >= 11 is 0. The first-order valence-electron chi connectivity index (χ1n) is 5.83. The smallest absolute Gasteiger partial charge is 0.306 e. The van der Waals surface area contributed by atoms with Gasteiger partial charge in [-0.25, -0.2) is 0 Å². The summed E-state index contributed by atoms with van der Waals surface area (Å²) in [7, 11) is 1.41. The Morgan fingerprint density at radius 3 is 2.68 bits per heavy atom. The molecule has 6 nitrogen and oxygen atoms in total. The number of amides is 1. The normalized spacial score (nSPS) is 11.9. The number of carboxylic acids is 1. The lowest BCUT2D eigenvalue weighted by molar-refractivity contribution is -0.139. The molecule has 1 amide bonds. The second-order valence-electron chi connectivity index (χ2n) is 4.24. The number of ether oxygens (including phenoxy) is 1. The molecule has 0 aliphatic carbocycles. The Labute approximate surface area is 111 Å². The van der Waals surface area contributed by atoms with Crippen LogP contribution < -0.4 is 11.1 Å². The maximum atomic E-state index is 11.8. The molecule has 0 saturated carbocycles. The van der Waals surface area contributed by atoms with Crippen molar-refractivity contribution < 1.29 is 19.4 Å². The summed E-state index contributed by atoms with van der Waals surface area (Å²) in [6.45, 7) is 1.99. The average Bonchev–Trinajstić information content (AvgIpc) is 2.36. The van der Waals surface area contributed by atoms with Crippen LogP contribution in [0.1, 0.15) is 22.3 Å². The van der Waals surface area contributed by atoms with Crippen molar-refractivity contribution in [2.24, 2.45) is 0 Å². The molecule has 0 spiro atoms. The van der Waals surface area contributed by atoms with Crippen molar-refractivity contribution in [3.63, 3.8) is 0 Å². The van der Waals surface area contributed by atoms with E-state index in [4.69, 9.17) is 15.6 Å². The van der Waals surface area contributed by atoms with Crippen LogP contribution in [0.25, 0.3) is 0 Å². The van der Waals surface area contributed by atoms with E-state index in [9.17, 15) is 9.59 Å². The summed E-state index contributed by atoms with van der Waals surface area (Å²) in [5.41, 5.74) is 7.61. The van der Waals surface area contributed by atoms with E-state index in [1.807, 2.05) is 6.92 Å². The highest BCUT2D eigenvalue weighted by Gasteiger charge is 2.14. The van der Waals surface area contributed by atoms with Gasteiger partial charge in [-0.3, -0.25) is 9.59 Å². The molecule has 0 aromatic heterocycles. The number of carbonyl (C=O) groups excluding carboxylic acids is 1. The Kier molecular flexibility index (Phi) is 5.32. The molecule has 4 N–H and O–H groups in total. The maximum Gasteiger partial charge on any atom is 0.306 e. The molecule has 0 heterocycles. The standard InChI is InChI=1S/C13H18N2O4/c1-8-3-4-9(5-11(8)14)13(18)15-7-10(19-2)6-12(16)17/h3-5,10H,6-7,14H2,1-2H3,(H,15,18)(H,16,17). The number of carbonyl (C=O) groups is 2. The van der Waals surface area contributed by atoms with Gasteiger partial charge in [0, 0.05) is 24.9 Å². The highest BCUT2D eigenvalue weighted by molar-refractivity contribution is 5.95. The van der Waals surface area contributed by atoms with E-state index >= 15 is 0 Å². The van der Waals surface area contributed by atoms with E-state index in [1.54, 1.807) is 18.2 Å². The van der Waals surface area contributed by atoms with Gasteiger partial charge in [-0.15, -0.1) is 0 Å². The fourth-order valence-electron chi connectivity index (χ4n) is 1.52. The van der Waals surface area contributed by atoms with Gasteiger partial charge in [-0.2, -0.15) is 0 Å². The summed E-state index contributed by atoms with van der Waals surface area (Å²) in [6.07, 6.45) is -0.712. The third kappa shape index (κ3) is 4.59. The number of methoxy groups -OCH3 is 1. The minimum absolute atomic E-state index is 0.134. The van der Waals surface area contributed by atoms with Crippen LogP contribution in [0.3, 0.4) is 0 Å². The Morgan fingerprint density at radius 1 is 1.47 bits per heavy atom. The molecule has 1 rings (SSSR count). The van der Waals surface area contributed by atoms with Crippen LogP contribution in [0.2, 0.25) is 0 Å². The lowest BCUT2D eigenvalue weighted by Crippen LogP contribution is -2.34. The number of aryl methyl sites for hydroxylation is 1. The van der Waals surface area contributed by atoms with E-state index < -0.39 is 12.1 Å². The summed E-state index contributed by atoms with van der Waals surface area (Å²) < 4.78 is 4.97. The summed E-state index contributed by atoms with van der Waals surface area (Å²) in [6, 6.07) is 5.01. The zero-order valence-electron chi connectivity index (χ0n) is 11.0. The SMILES string of the molecule is COC(CNC(=O)c1ccc(C)c(N)c1)CC(=O)O. The minimum atomic E-state index is -0.972. The second kappa shape index (κ2) is 6.75. The molecule has 1 aromatic rings. The fourth-order valence-corrected chi connectivity index (χ4v) is 1.52. The Bertz CT molecular complexity index is 474. The molecular weight excluding hydrogens is 248 g/mol. The molecule has 0 aliphatic heterocycles. The Morgan fingerprint density at radius 2 is 2.16 bits per heavy atom. The summed E-state index contributed by atoms with van der Waals surface area (Å²) in [5.74, 6) is -1.28. The van der Waals surface area contributed by atoms with Gasteiger partial charge in [0.1, 0.15) is 0 Å². The van der Waals surface area contributed by atoms with Crippen molar-refractivity contribution in [1.29, 1.82) is 0 Å². The van der Waals surface area contributed by atoms with E-state index in [1.165, 1.54) is 7.11 Å². The molecule has 0 bridgehead atoms. The van der Waals surface area contributed by atoms with Gasteiger partial charge in [0.2, 0.25) is 0 Å². The molecule has 1 aromatic carbocycles. The predicted molar refractivity (Wildman–Crippen MR) is 71.0 cm³/mol. The predicted octanol–water partition coefficient (Wildman–Crippen LogP) is 0.797. The van der Waals surface area contributed by atoms with Crippen molar-refractivity contribution in [2.75, 3.05) is 19.4 Å². The van der Waals surface area contributed by atoms with Gasteiger partial charge >= 0.3 is 5.97 Å². The van der Waals surface area contributed by atoms with Crippen LogP contribution in [0.5, 0.6) is 0 Å². The highest BCUT2D eigenvalue weighted by Crippen LogP contribution is 2.12. The number of hydrogen-bond acceptors (Lipinski definition) is 4. The zero-order chi connectivity index (χ0) is 14.4. The highest BCUT2D eigenvalue weighted by atomic mass is 16.5. The van der Waals surface area contributed by atoms with E-state index in [-0.39, 0.29) is 18.9 Å². The number of carboxylic acid groups (broad SMARTS) is 1. The number of rotatable bonds is 6. The van der Waals surface area contributed by atoms with Crippen LogP contribution in [-0.2, 0) is 9.53 Å². The molecule has 0 aliphatic rings. The first-order chi connectivity index (χ1) is 8.93. The lowest BCUT2D eigenvalue weighted by Gasteiger charge is -2.14. The van der Waals surface area contributed by atoms with Crippen LogP contribution in [0, 0.1) is 6.92 Å². The topological polar surface area (TPSA) is 102 Å². The fraction of sp³-hybridized carbons (Fsp3) is 0.385. The number of hydrogen-bond donors (Lipinski definition) is 3. The van der Waals surface area contributed by atoms with E-state index in [0.717, 1.165) is 5.56 Å². The molecule has 1 atom stereocenters. The largest absolute Gasteiger partial charge is 0.481 e. The van der Waals surface area contributed by atoms with Gasteiger partial charge in [-0.1, -0.05) is 6.07 Å². The first-order valence-corrected chi connectivity index (χ1v) is 5.83. The van der Waals surface area contributed by atoms with Gasteiger partial charge in [0.15, 0.2) is 0 Å². The molecule has 0 radical (unpaired) electrons. The Hall–Kier alpha value is -2.08. The maximum absolute atomic E-state index is 11.8. The van der Waals surface area contributed by atoms with E-state index in [0.29, 0.717) is 11.3 Å². The van der Waals surface area contributed by atoms with Crippen LogP contribution in [0.4, 0.5) is 5.69 Å². The number of nitrogens with two attached hydrogens (primary N) is 1. The monoisotopic (exact) mass is 266 g/mol.